The fourth-order valence-electron chi connectivity index (χ4n) is 4.35. The van der Waals surface area contributed by atoms with Crippen molar-refractivity contribution in [3.05, 3.63) is 24.3 Å². The van der Waals surface area contributed by atoms with E-state index < -0.39 is 21.5 Å². The largest absolute Gasteiger partial charge is 0.495 e. The topological polar surface area (TPSA) is 96.0 Å². The van der Waals surface area contributed by atoms with Crippen molar-refractivity contribution in [2.45, 2.75) is 57.0 Å². The Bertz CT molecular complexity index is 896. The Morgan fingerprint density at radius 2 is 1.80 bits per heavy atom. The molecule has 1 atom stereocenters. The third-order valence-corrected chi connectivity index (χ3v) is 7.21. The molecule has 2 amide bonds. The van der Waals surface area contributed by atoms with Gasteiger partial charge in [-0.05, 0) is 31.9 Å². The molecular weight excluding hydrogens is 406 g/mol. The highest BCUT2D eigenvalue weighted by Crippen LogP contribution is 2.36. The first-order valence-corrected chi connectivity index (χ1v) is 12.2. The lowest BCUT2D eigenvalue weighted by Gasteiger charge is -2.47. The van der Waals surface area contributed by atoms with E-state index in [0.717, 1.165) is 49.1 Å². The Kier molecular flexibility index (Phi) is 6.71. The number of carbonyl (C=O) groups excluding carboxylic acids is 2. The maximum absolute atomic E-state index is 13.5. The standard InChI is InChI=1S/C21H31N3O5S/c1-21(20(26)22-16-10-6-4-5-7-11-16)15-23(30(3,27)28)14-19(25)24(21)17-12-8-9-13-18(17)29-2/h8-9,12-13,16H,4-7,10-11,14-15H2,1-3H3,(H,22,26)/t21-/m0/s1. The number of amides is 2. The number of hydrogen-bond donors (Lipinski definition) is 1. The lowest BCUT2D eigenvalue weighted by molar-refractivity contribution is -0.133. The van der Waals surface area contributed by atoms with Gasteiger partial charge < -0.3 is 10.1 Å². The van der Waals surface area contributed by atoms with Crippen molar-refractivity contribution in [1.82, 2.24) is 9.62 Å². The first kappa shape index (κ1) is 22.6. The number of hydrogen-bond acceptors (Lipinski definition) is 5. The second-order valence-electron chi connectivity index (χ2n) is 8.37. The van der Waals surface area contributed by atoms with Crippen LogP contribution in [0.15, 0.2) is 24.3 Å². The molecule has 1 aromatic carbocycles. The van der Waals surface area contributed by atoms with Gasteiger partial charge in [0.15, 0.2) is 0 Å². The van der Waals surface area contributed by atoms with E-state index in [1.54, 1.807) is 31.2 Å². The van der Waals surface area contributed by atoms with E-state index in [9.17, 15) is 18.0 Å². The lowest BCUT2D eigenvalue weighted by Crippen LogP contribution is -2.70. The molecule has 0 bridgehead atoms. The number of piperazine rings is 1. The quantitative estimate of drug-likeness (QED) is 0.710. The summed E-state index contributed by atoms with van der Waals surface area (Å²) in [6, 6.07) is 7.00. The molecule has 0 unspecified atom stereocenters. The van der Waals surface area contributed by atoms with Gasteiger partial charge in [0.05, 0.1) is 25.6 Å². The number of carbonyl (C=O) groups is 2. The number of sulfonamides is 1. The van der Waals surface area contributed by atoms with Crippen LogP contribution in [0, 0.1) is 0 Å². The van der Waals surface area contributed by atoms with Crippen molar-refractivity contribution in [1.29, 1.82) is 0 Å². The highest BCUT2D eigenvalue weighted by Gasteiger charge is 2.51. The minimum absolute atomic E-state index is 0.0278. The molecule has 2 fully saturated rings. The minimum atomic E-state index is -3.65. The summed E-state index contributed by atoms with van der Waals surface area (Å²) >= 11 is 0. The van der Waals surface area contributed by atoms with Crippen LogP contribution >= 0.6 is 0 Å². The molecule has 2 aliphatic rings. The zero-order valence-electron chi connectivity index (χ0n) is 17.9. The summed E-state index contributed by atoms with van der Waals surface area (Å²) in [5, 5.41) is 3.10. The van der Waals surface area contributed by atoms with Gasteiger partial charge >= 0.3 is 0 Å². The molecule has 8 nitrogen and oxygen atoms in total. The average Bonchev–Trinajstić information content (AvgIpc) is 2.95. The fourth-order valence-corrected chi connectivity index (χ4v) is 5.18. The third kappa shape index (κ3) is 4.62. The Balaban J connectivity index is 2.00. The number of benzene rings is 1. The van der Waals surface area contributed by atoms with Gasteiger partial charge in [-0.3, -0.25) is 14.5 Å². The predicted octanol–water partition coefficient (Wildman–Crippen LogP) is 1.90. The zero-order valence-corrected chi connectivity index (χ0v) is 18.7. The van der Waals surface area contributed by atoms with Crippen LogP contribution in [0.1, 0.15) is 45.4 Å². The monoisotopic (exact) mass is 437 g/mol. The van der Waals surface area contributed by atoms with Gasteiger partial charge in [-0.25, -0.2) is 8.42 Å². The highest BCUT2D eigenvalue weighted by molar-refractivity contribution is 7.88. The first-order valence-electron chi connectivity index (χ1n) is 10.4. The molecule has 3 rings (SSSR count). The number of nitrogens with one attached hydrogen (secondary N) is 1. The van der Waals surface area contributed by atoms with Crippen molar-refractivity contribution in [2.24, 2.45) is 0 Å². The molecule has 30 heavy (non-hydrogen) atoms. The van der Waals surface area contributed by atoms with E-state index in [2.05, 4.69) is 5.32 Å². The third-order valence-electron chi connectivity index (χ3n) is 6.01. The molecule has 1 aromatic rings. The van der Waals surface area contributed by atoms with Gasteiger partial charge in [0, 0.05) is 12.6 Å². The minimum Gasteiger partial charge on any atom is -0.495 e. The van der Waals surface area contributed by atoms with Crippen LogP contribution < -0.4 is 15.0 Å². The van der Waals surface area contributed by atoms with Crippen LogP contribution in [0.25, 0.3) is 0 Å². The van der Waals surface area contributed by atoms with Crippen LogP contribution in [0.5, 0.6) is 5.75 Å². The van der Waals surface area contributed by atoms with Crippen molar-refractivity contribution < 1.29 is 22.7 Å². The Hall–Kier alpha value is -2.13. The maximum Gasteiger partial charge on any atom is 0.247 e. The van der Waals surface area contributed by atoms with E-state index in [-0.39, 0.29) is 25.0 Å². The molecule has 1 saturated heterocycles. The lowest BCUT2D eigenvalue weighted by atomic mass is 9.93. The van der Waals surface area contributed by atoms with E-state index >= 15 is 0 Å². The fraction of sp³-hybridized carbons (Fsp3) is 0.619. The summed E-state index contributed by atoms with van der Waals surface area (Å²) < 4.78 is 31.0. The van der Waals surface area contributed by atoms with Gasteiger partial charge in [-0.15, -0.1) is 0 Å². The number of nitrogens with zero attached hydrogens (tertiary/aromatic N) is 2. The molecule has 1 aliphatic heterocycles. The Labute approximate surface area is 178 Å². The smallest absolute Gasteiger partial charge is 0.247 e. The summed E-state index contributed by atoms with van der Waals surface area (Å²) in [4.78, 5) is 28.1. The summed E-state index contributed by atoms with van der Waals surface area (Å²) in [7, 11) is -2.15. The number of ether oxygens (including phenoxy) is 1. The Morgan fingerprint density at radius 1 is 1.17 bits per heavy atom. The molecule has 1 saturated carbocycles. The average molecular weight is 438 g/mol. The maximum atomic E-state index is 13.5. The van der Waals surface area contributed by atoms with E-state index in [1.807, 2.05) is 0 Å². The van der Waals surface area contributed by atoms with Crippen molar-refractivity contribution in [2.75, 3.05) is 31.4 Å². The van der Waals surface area contributed by atoms with Crippen molar-refractivity contribution in [3.63, 3.8) is 0 Å². The van der Waals surface area contributed by atoms with Gasteiger partial charge in [-0.2, -0.15) is 4.31 Å². The number of methoxy groups -OCH3 is 1. The molecule has 166 valence electrons. The summed E-state index contributed by atoms with van der Waals surface area (Å²) in [6.07, 6.45) is 7.23. The van der Waals surface area contributed by atoms with E-state index in [0.29, 0.717) is 11.4 Å². The van der Waals surface area contributed by atoms with Gasteiger partial charge in [-0.1, -0.05) is 37.8 Å². The molecule has 0 radical (unpaired) electrons. The molecule has 1 aliphatic carbocycles. The van der Waals surface area contributed by atoms with Gasteiger partial charge in [0.25, 0.3) is 0 Å². The summed E-state index contributed by atoms with van der Waals surface area (Å²) in [5.74, 6) is -0.358. The zero-order chi connectivity index (χ0) is 21.9. The van der Waals surface area contributed by atoms with Crippen LogP contribution in [-0.2, 0) is 19.6 Å². The van der Waals surface area contributed by atoms with Crippen LogP contribution in [-0.4, -0.2) is 62.6 Å². The molecule has 1 N–H and O–H groups in total. The molecular formula is C21H31N3O5S. The van der Waals surface area contributed by atoms with Gasteiger partial charge in [0.1, 0.15) is 11.3 Å². The first-order chi connectivity index (χ1) is 14.2. The van der Waals surface area contributed by atoms with Crippen molar-refractivity contribution >= 4 is 27.5 Å². The Morgan fingerprint density at radius 3 is 2.40 bits per heavy atom. The van der Waals surface area contributed by atoms with Crippen LogP contribution in [0.4, 0.5) is 5.69 Å². The second kappa shape index (κ2) is 8.93. The summed E-state index contributed by atoms with van der Waals surface area (Å²) in [6.45, 7) is 1.19. The van der Waals surface area contributed by atoms with Crippen molar-refractivity contribution in [3.8, 4) is 5.75 Å². The normalized spacial score (nSPS) is 24.4. The SMILES string of the molecule is COc1ccccc1N1C(=O)CN(S(C)(=O)=O)C[C@@]1(C)C(=O)NC1CCCCCC1. The molecule has 0 spiro atoms. The van der Waals surface area contributed by atoms with Crippen LogP contribution in [0.3, 0.4) is 0 Å². The molecule has 1 heterocycles. The van der Waals surface area contributed by atoms with Gasteiger partial charge in [0.2, 0.25) is 21.8 Å². The predicted molar refractivity (Wildman–Crippen MR) is 115 cm³/mol. The highest BCUT2D eigenvalue weighted by atomic mass is 32.2. The number of rotatable bonds is 5. The molecule has 0 aromatic heterocycles. The number of para-hydroxylation sites is 2. The summed E-state index contributed by atoms with van der Waals surface area (Å²) in [5.41, 5.74) is -0.948. The van der Waals surface area contributed by atoms with E-state index in [1.165, 1.54) is 12.0 Å². The number of anilines is 1. The second-order valence-corrected chi connectivity index (χ2v) is 10.4. The van der Waals surface area contributed by atoms with E-state index in [4.69, 9.17) is 4.74 Å². The van der Waals surface area contributed by atoms with Crippen LogP contribution in [0.2, 0.25) is 0 Å². The molecule has 9 heteroatoms.